The molecule has 0 unspecified atom stereocenters. The number of rotatable bonds is 2. The van der Waals surface area contributed by atoms with Crippen LogP contribution in [0.15, 0.2) is 60.7 Å². The zero-order chi connectivity index (χ0) is 8.93. The predicted molar refractivity (Wildman–Crippen MR) is 60.5 cm³/mol. The van der Waals surface area contributed by atoms with Crippen LogP contribution in [-0.4, -0.2) is 0 Å². The van der Waals surface area contributed by atoms with Crippen molar-refractivity contribution in [2.75, 3.05) is 0 Å². The van der Waals surface area contributed by atoms with E-state index in [9.17, 15) is 0 Å². The van der Waals surface area contributed by atoms with E-state index in [4.69, 9.17) is 0 Å². The molecule has 0 aliphatic heterocycles. The van der Waals surface area contributed by atoms with Crippen molar-refractivity contribution in [3.05, 3.63) is 60.7 Å². The van der Waals surface area contributed by atoms with Gasteiger partial charge in [-0.3, -0.25) is 0 Å². The first kappa shape index (κ1) is 11.8. The van der Waals surface area contributed by atoms with Gasteiger partial charge in [0.05, 0.1) is 0 Å². The van der Waals surface area contributed by atoms with Crippen molar-refractivity contribution in [2.24, 2.45) is 0 Å². The first-order valence-electron chi connectivity index (χ1n) is 4.32. The summed E-state index contributed by atoms with van der Waals surface area (Å²) in [6.07, 6.45) is 0. The van der Waals surface area contributed by atoms with Crippen LogP contribution in [0.2, 0.25) is 0 Å². The van der Waals surface area contributed by atoms with E-state index >= 15 is 0 Å². The minimum atomic E-state index is 0. The molecule has 0 saturated carbocycles. The Balaban J connectivity index is 0.000000980. The largest absolute Gasteiger partial charge is 0.0622 e. The van der Waals surface area contributed by atoms with E-state index in [0.717, 1.165) is 8.58 Å². The Labute approximate surface area is 105 Å². The molecule has 0 nitrogen and oxygen atoms in total. The third-order valence-corrected chi connectivity index (χ3v) is 3.08. The summed E-state index contributed by atoms with van der Waals surface area (Å²) in [5, 5.41) is 2.79. The fraction of sp³-hybridized carbons (Fsp3) is 0. The second kappa shape index (κ2) is 6.27. The van der Waals surface area contributed by atoms with Gasteiger partial charge in [0, 0.05) is 25.8 Å². The Morgan fingerprint density at radius 1 is 0.571 bits per heavy atom. The van der Waals surface area contributed by atoms with Gasteiger partial charge in [0.25, 0.3) is 0 Å². The smallest absolute Gasteiger partial charge is 0 e. The average Bonchev–Trinajstić information content (AvgIpc) is 2.21. The van der Waals surface area contributed by atoms with E-state index in [1.165, 1.54) is 10.6 Å². The summed E-state index contributed by atoms with van der Waals surface area (Å²) >= 11 is 0. The predicted octanol–water partition coefficient (Wildman–Crippen LogP) is 2.31. The van der Waals surface area contributed by atoms with Crippen LogP contribution >= 0.6 is 8.58 Å². The quantitative estimate of drug-likeness (QED) is 0.567. The number of hydrogen-bond donors (Lipinski definition) is 0. The summed E-state index contributed by atoms with van der Waals surface area (Å²) in [5.74, 6) is 0. The molecule has 0 spiro atoms. The van der Waals surface area contributed by atoms with Crippen molar-refractivity contribution < 1.29 is 25.8 Å². The SMILES string of the molecule is [Hf].c1ccc(Pc2ccccc2)cc1. The van der Waals surface area contributed by atoms with Crippen LogP contribution < -0.4 is 10.6 Å². The summed E-state index contributed by atoms with van der Waals surface area (Å²) in [5.41, 5.74) is 0. The van der Waals surface area contributed by atoms with Gasteiger partial charge in [-0.25, -0.2) is 0 Å². The maximum absolute atomic E-state index is 2.17. The monoisotopic (exact) mass is 366 g/mol. The number of hydrogen-bond acceptors (Lipinski definition) is 0. The molecule has 2 rings (SSSR count). The summed E-state index contributed by atoms with van der Waals surface area (Å²) in [6, 6.07) is 21.2. The van der Waals surface area contributed by atoms with Crippen molar-refractivity contribution in [3.8, 4) is 0 Å². The van der Waals surface area contributed by atoms with Gasteiger partial charge in [0.2, 0.25) is 0 Å². The molecular weight excluding hydrogens is 354 g/mol. The van der Waals surface area contributed by atoms with Crippen LogP contribution in [0.1, 0.15) is 0 Å². The van der Waals surface area contributed by atoms with Crippen LogP contribution in [0.25, 0.3) is 0 Å². The van der Waals surface area contributed by atoms with E-state index in [0.29, 0.717) is 0 Å². The number of benzene rings is 2. The Bertz CT molecular complexity index is 321. The van der Waals surface area contributed by atoms with Crippen LogP contribution in [0.5, 0.6) is 0 Å². The average molecular weight is 365 g/mol. The van der Waals surface area contributed by atoms with Crippen molar-refractivity contribution in [1.29, 1.82) is 0 Å². The topological polar surface area (TPSA) is 0 Å². The zero-order valence-corrected chi connectivity index (χ0v) is 12.4. The van der Waals surface area contributed by atoms with Crippen molar-refractivity contribution >= 4 is 19.2 Å². The van der Waals surface area contributed by atoms with Crippen molar-refractivity contribution in [1.82, 2.24) is 0 Å². The summed E-state index contributed by atoms with van der Waals surface area (Å²) in [7, 11) is 0.777. The van der Waals surface area contributed by atoms with Gasteiger partial charge >= 0.3 is 0 Å². The third-order valence-electron chi connectivity index (χ3n) is 1.84. The molecule has 0 bridgehead atoms. The van der Waals surface area contributed by atoms with E-state index < -0.39 is 0 Å². The molecule has 14 heavy (non-hydrogen) atoms. The Morgan fingerprint density at radius 3 is 1.29 bits per heavy atom. The van der Waals surface area contributed by atoms with Gasteiger partial charge in [0.1, 0.15) is 0 Å². The standard InChI is InChI=1S/C12H11P.Hf/c1-3-7-11(8-4-1)13-12-9-5-2-6-10-12;/h1-10,13H;. The minimum absolute atomic E-state index is 0. The van der Waals surface area contributed by atoms with Gasteiger partial charge in [0.15, 0.2) is 0 Å². The first-order chi connectivity index (χ1) is 6.45. The fourth-order valence-corrected chi connectivity index (χ4v) is 2.26. The molecule has 68 valence electrons. The van der Waals surface area contributed by atoms with Gasteiger partial charge in [-0.15, -0.1) is 0 Å². The van der Waals surface area contributed by atoms with E-state index in [2.05, 4.69) is 60.7 Å². The molecule has 0 fully saturated rings. The van der Waals surface area contributed by atoms with Gasteiger partial charge < -0.3 is 0 Å². The van der Waals surface area contributed by atoms with Gasteiger partial charge in [-0.05, 0) is 10.6 Å². The van der Waals surface area contributed by atoms with Crippen LogP contribution in [-0.2, 0) is 25.8 Å². The Kier molecular flexibility index (Phi) is 5.29. The molecule has 2 aromatic carbocycles. The maximum atomic E-state index is 2.17. The second-order valence-electron chi connectivity index (χ2n) is 2.86. The molecule has 0 atom stereocenters. The van der Waals surface area contributed by atoms with Crippen molar-refractivity contribution in [3.63, 3.8) is 0 Å². The molecule has 0 aliphatic rings. The van der Waals surface area contributed by atoms with Crippen LogP contribution in [0.3, 0.4) is 0 Å². The van der Waals surface area contributed by atoms with Crippen LogP contribution in [0.4, 0.5) is 0 Å². The second-order valence-corrected chi connectivity index (χ2v) is 4.26. The molecule has 0 amide bonds. The summed E-state index contributed by atoms with van der Waals surface area (Å²) in [4.78, 5) is 0. The Hall–Kier alpha value is -0.260. The molecule has 0 radical (unpaired) electrons. The zero-order valence-electron chi connectivity index (χ0n) is 7.77. The summed E-state index contributed by atoms with van der Waals surface area (Å²) < 4.78 is 0. The molecule has 0 aliphatic carbocycles. The van der Waals surface area contributed by atoms with E-state index in [1.807, 2.05) is 0 Å². The normalized spacial score (nSPS) is 9.14. The molecule has 0 aromatic heterocycles. The molecule has 0 N–H and O–H groups in total. The molecule has 0 saturated heterocycles. The van der Waals surface area contributed by atoms with Gasteiger partial charge in [-0.1, -0.05) is 69.2 Å². The molecule has 0 heterocycles. The minimum Gasteiger partial charge on any atom is -0.0622 e. The van der Waals surface area contributed by atoms with Crippen molar-refractivity contribution in [2.45, 2.75) is 0 Å². The summed E-state index contributed by atoms with van der Waals surface area (Å²) in [6.45, 7) is 0. The molecule has 2 aromatic rings. The van der Waals surface area contributed by atoms with E-state index in [1.54, 1.807) is 0 Å². The van der Waals surface area contributed by atoms with E-state index in [-0.39, 0.29) is 25.8 Å². The molecular formula is C12H11HfP. The van der Waals surface area contributed by atoms with Crippen LogP contribution in [0, 0.1) is 0 Å². The Morgan fingerprint density at radius 2 is 0.929 bits per heavy atom. The fourth-order valence-electron chi connectivity index (χ4n) is 1.21. The maximum Gasteiger partial charge on any atom is 0 e. The third kappa shape index (κ3) is 3.48. The molecule has 2 heteroatoms. The first-order valence-corrected chi connectivity index (χ1v) is 5.32. The van der Waals surface area contributed by atoms with Gasteiger partial charge in [-0.2, -0.15) is 0 Å².